The Morgan fingerprint density at radius 1 is 1.32 bits per heavy atom. The molecule has 0 aliphatic carbocycles. The molecule has 2 atom stereocenters. The van der Waals surface area contributed by atoms with Crippen LogP contribution in [-0.4, -0.2) is 27.7 Å². The molecule has 0 saturated carbocycles. The first kappa shape index (κ1) is 13.7. The van der Waals surface area contributed by atoms with Gasteiger partial charge < -0.3 is 9.84 Å². The first-order valence-corrected chi connectivity index (χ1v) is 6.74. The summed E-state index contributed by atoms with van der Waals surface area (Å²) in [5.41, 5.74) is 0.739. The van der Waals surface area contributed by atoms with Gasteiger partial charge in [0.25, 0.3) is 0 Å². The molecule has 0 aromatic carbocycles. The molecule has 5 nitrogen and oxygen atoms in total. The van der Waals surface area contributed by atoms with Gasteiger partial charge in [-0.05, 0) is 32.0 Å². The molecule has 2 rings (SSSR count). The van der Waals surface area contributed by atoms with Crippen molar-refractivity contribution in [1.82, 2.24) is 20.4 Å². The molecule has 0 saturated heterocycles. The van der Waals surface area contributed by atoms with E-state index in [1.807, 2.05) is 18.2 Å². The fourth-order valence-corrected chi connectivity index (χ4v) is 2.19. The summed E-state index contributed by atoms with van der Waals surface area (Å²) in [6.45, 7) is 7.29. The lowest BCUT2D eigenvalue weighted by Gasteiger charge is -2.19. The van der Waals surface area contributed by atoms with Crippen molar-refractivity contribution in [1.29, 1.82) is 0 Å². The van der Waals surface area contributed by atoms with Gasteiger partial charge in [0.15, 0.2) is 0 Å². The molecule has 0 spiro atoms. The molecule has 0 fully saturated rings. The summed E-state index contributed by atoms with van der Waals surface area (Å²) < 4.78 is 5.40. The van der Waals surface area contributed by atoms with Gasteiger partial charge in [-0.1, -0.05) is 25.1 Å². The summed E-state index contributed by atoms with van der Waals surface area (Å²) in [5, 5.41) is 7.42. The highest BCUT2D eigenvalue weighted by Gasteiger charge is 2.23. The quantitative estimate of drug-likeness (QED) is 0.865. The van der Waals surface area contributed by atoms with Gasteiger partial charge in [-0.15, -0.1) is 0 Å². The van der Waals surface area contributed by atoms with Gasteiger partial charge in [-0.3, -0.25) is 4.98 Å². The molecule has 19 heavy (non-hydrogen) atoms. The largest absolute Gasteiger partial charge is 0.339 e. The van der Waals surface area contributed by atoms with Crippen LogP contribution >= 0.6 is 0 Å². The topological polar surface area (TPSA) is 63.8 Å². The second-order valence-corrected chi connectivity index (χ2v) is 4.53. The number of hydrogen-bond acceptors (Lipinski definition) is 5. The van der Waals surface area contributed by atoms with Crippen LogP contribution in [0.1, 0.15) is 39.0 Å². The lowest BCUT2D eigenvalue weighted by atomic mass is 9.98. The van der Waals surface area contributed by atoms with E-state index < -0.39 is 0 Å². The Balaban J connectivity index is 2.20. The molecule has 0 aliphatic rings. The van der Waals surface area contributed by atoms with Gasteiger partial charge in [0, 0.05) is 12.2 Å². The van der Waals surface area contributed by atoms with Crippen LogP contribution in [0.25, 0.3) is 11.5 Å². The molecular formula is C14H20N4O. The van der Waals surface area contributed by atoms with Gasteiger partial charge in [0.1, 0.15) is 5.69 Å². The molecule has 0 aliphatic heterocycles. The standard InChI is InChI=1S/C14H20N4O/c1-4-11(10(3)15-5-2)14-17-13(18-19-14)12-8-6-7-9-16-12/h6-11,15H,4-5H2,1-3H3. The molecule has 2 unspecified atom stereocenters. The third-order valence-corrected chi connectivity index (χ3v) is 3.22. The van der Waals surface area contributed by atoms with Crippen LogP contribution in [0.2, 0.25) is 0 Å². The predicted octanol–water partition coefficient (Wildman–Crippen LogP) is 2.62. The number of aromatic nitrogens is 3. The van der Waals surface area contributed by atoms with Crippen molar-refractivity contribution >= 4 is 0 Å². The van der Waals surface area contributed by atoms with Crippen LogP contribution in [0.15, 0.2) is 28.9 Å². The Morgan fingerprint density at radius 3 is 2.79 bits per heavy atom. The van der Waals surface area contributed by atoms with Crippen molar-refractivity contribution < 1.29 is 4.52 Å². The summed E-state index contributed by atoms with van der Waals surface area (Å²) in [4.78, 5) is 8.70. The minimum Gasteiger partial charge on any atom is -0.339 e. The zero-order valence-electron chi connectivity index (χ0n) is 11.6. The molecule has 1 N–H and O–H groups in total. The minimum atomic E-state index is 0.227. The highest BCUT2D eigenvalue weighted by atomic mass is 16.5. The highest BCUT2D eigenvalue weighted by Crippen LogP contribution is 2.23. The number of pyridine rings is 1. The van der Waals surface area contributed by atoms with Crippen molar-refractivity contribution in [2.24, 2.45) is 0 Å². The van der Waals surface area contributed by atoms with Crippen LogP contribution in [0.4, 0.5) is 0 Å². The molecular weight excluding hydrogens is 240 g/mol. The van der Waals surface area contributed by atoms with E-state index in [1.165, 1.54) is 0 Å². The lowest BCUT2D eigenvalue weighted by Crippen LogP contribution is -2.31. The van der Waals surface area contributed by atoms with E-state index in [1.54, 1.807) is 6.20 Å². The normalized spacial score (nSPS) is 14.3. The first-order valence-electron chi connectivity index (χ1n) is 6.74. The van der Waals surface area contributed by atoms with E-state index in [0.29, 0.717) is 17.8 Å². The van der Waals surface area contributed by atoms with E-state index in [-0.39, 0.29) is 5.92 Å². The van der Waals surface area contributed by atoms with Crippen LogP contribution in [-0.2, 0) is 0 Å². The Kier molecular flexibility index (Phi) is 4.63. The fourth-order valence-electron chi connectivity index (χ4n) is 2.19. The number of likely N-dealkylation sites (N-methyl/N-ethyl adjacent to an activating group) is 1. The minimum absolute atomic E-state index is 0.227. The predicted molar refractivity (Wildman–Crippen MR) is 73.7 cm³/mol. The summed E-state index contributed by atoms with van der Waals surface area (Å²) in [6.07, 6.45) is 2.68. The molecule has 2 heterocycles. The van der Waals surface area contributed by atoms with Crippen LogP contribution in [0.5, 0.6) is 0 Å². The molecule has 0 bridgehead atoms. The van der Waals surface area contributed by atoms with E-state index in [0.717, 1.165) is 18.7 Å². The molecule has 0 radical (unpaired) electrons. The molecule has 102 valence electrons. The molecule has 2 aromatic rings. The van der Waals surface area contributed by atoms with Gasteiger partial charge in [-0.25, -0.2) is 0 Å². The summed E-state index contributed by atoms with van der Waals surface area (Å²) in [6, 6.07) is 5.97. The average molecular weight is 260 g/mol. The Bertz CT molecular complexity index is 497. The van der Waals surface area contributed by atoms with E-state index in [4.69, 9.17) is 4.52 Å². The summed E-state index contributed by atoms with van der Waals surface area (Å²) in [5.74, 6) is 1.46. The van der Waals surface area contributed by atoms with Gasteiger partial charge >= 0.3 is 0 Å². The Morgan fingerprint density at radius 2 is 2.16 bits per heavy atom. The Hall–Kier alpha value is -1.75. The lowest BCUT2D eigenvalue weighted by molar-refractivity contribution is 0.318. The van der Waals surface area contributed by atoms with Crippen LogP contribution in [0.3, 0.4) is 0 Å². The summed E-state index contributed by atoms with van der Waals surface area (Å²) in [7, 11) is 0. The summed E-state index contributed by atoms with van der Waals surface area (Å²) >= 11 is 0. The zero-order valence-corrected chi connectivity index (χ0v) is 11.6. The van der Waals surface area contributed by atoms with Gasteiger partial charge in [0.05, 0.1) is 5.92 Å². The number of rotatable bonds is 6. The van der Waals surface area contributed by atoms with Crippen LogP contribution < -0.4 is 5.32 Å². The highest BCUT2D eigenvalue weighted by molar-refractivity contribution is 5.47. The third-order valence-electron chi connectivity index (χ3n) is 3.22. The van der Waals surface area contributed by atoms with E-state index >= 15 is 0 Å². The monoisotopic (exact) mass is 260 g/mol. The second-order valence-electron chi connectivity index (χ2n) is 4.53. The molecule has 2 aromatic heterocycles. The third kappa shape index (κ3) is 3.17. The number of hydrogen-bond donors (Lipinski definition) is 1. The maximum atomic E-state index is 5.40. The van der Waals surface area contributed by atoms with Crippen molar-refractivity contribution in [2.75, 3.05) is 6.54 Å². The van der Waals surface area contributed by atoms with E-state index in [9.17, 15) is 0 Å². The molecule has 5 heteroatoms. The average Bonchev–Trinajstić information content (AvgIpc) is 2.90. The maximum Gasteiger partial charge on any atom is 0.231 e. The zero-order chi connectivity index (χ0) is 13.7. The smallest absolute Gasteiger partial charge is 0.231 e. The van der Waals surface area contributed by atoms with Gasteiger partial charge in [0.2, 0.25) is 11.7 Å². The SMILES string of the molecule is CCNC(C)C(CC)c1nc(-c2ccccn2)no1. The van der Waals surface area contributed by atoms with Crippen molar-refractivity contribution in [3.8, 4) is 11.5 Å². The molecule has 0 amide bonds. The van der Waals surface area contributed by atoms with Crippen LogP contribution in [0, 0.1) is 0 Å². The Labute approximate surface area is 113 Å². The second kappa shape index (κ2) is 6.43. The first-order chi connectivity index (χ1) is 9.26. The van der Waals surface area contributed by atoms with Crippen molar-refractivity contribution in [3.05, 3.63) is 30.3 Å². The van der Waals surface area contributed by atoms with Crippen molar-refractivity contribution in [3.63, 3.8) is 0 Å². The maximum absolute atomic E-state index is 5.40. The number of nitrogens with one attached hydrogen (secondary N) is 1. The van der Waals surface area contributed by atoms with Crippen molar-refractivity contribution in [2.45, 2.75) is 39.2 Å². The van der Waals surface area contributed by atoms with Gasteiger partial charge in [-0.2, -0.15) is 4.98 Å². The van der Waals surface area contributed by atoms with E-state index in [2.05, 4.69) is 41.2 Å². The fraction of sp³-hybridized carbons (Fsp3) is 0.500. The number of nitrogens with zero attached hydrogens (tertiary/aromatic N) is 3.